The van der Waals surface area contributed by atoms with Gasteiger partial charge in [0.05, 0.1) is 11.0 Å². The van der Waals surface area contributed by atoms with E-state index >= 15 is 0 Å². The van der Waals surface area contributed by atoms with E-state index < -0.39 is 0 Å². The number of hydrogen-bond donors (Lipinski definition) is 1. The lowest BCUT2D eigenvalue weighted by atomic mass is 9.91. The standard InChI is InChI=1S/C61H42N4/c1-3-15-41(16-4-1)42-31-33-45(34-32-42)60-62-59(44-17-5-2-6-18-44)63-61(64-60)49-22-12-21-48(40-49)52-26-14-27-53-51(25-13-28-54(52)53)47-20-11-19-46(39-47)43-35-37-50(38-36-43)65-57-29-9-7-23-55(57)56-24-8-10-30-58(56)65/h1-40,60H,(H,62,63,64). The van der Waals surface area contributed by atoms with E-state index in [1.807, 2.05) is 24.3 Å². The molecule has 0 fully saturated rings. The van der Waals surface area contributed by atoms with Crippen molar-refractivity contribution in [1.82, 2.24) is 9.88 Å². The molecule has 1 aliphatic rings. The Hall–Kier alpha value is -8.60. The molecule has 0 spiro atoms. The van der Waals surface area contributed by atoms with Gasteiger partial charge >= 0.3 is 0 Å². The van der Waals surface area contributed by atoms with Crippen molar-refractivity contribution in [2.75, 3.05) is 0 Å². The molecule has 1 N–H and O–H groups in total. The Bertz CT molecular complexity index is 3550. The minimum atomic E-state index is -0.305. The van der Waals surface area contributed by atoms with Crippen LogP contribution in [0, 0.1) is 0 Å². The number of nitrogens with one attached hydrogen (secondary N) is 1. The summed E-state index contributed by atoms with van der Waals surface area (Å²) in [4.78, 5) is 10.4. The lowest BCUT2D eigenvalue weighted by molar-refractivity contribution is 0.674. The molecule has 0 amide bonds. The van der Waals surface area contributed by atoms with E-state index in [2.05, 4.69) is 228 Å². The molecule has 1 aliphatic heterocycles. The predicted molar refractivity (Wildman–Crippen MR) is 272 cm³/mol. The van der Waals surface area contributed by atoms with E-state index in [0.29, 0.717) is 5.84 Å². The zero-order valence-corrected chi connectivity index (χ0v) is 35.5. The number of rotatable bonds is 8. The highest BCUT2D eigenvalue weighted by Gasteiger charge is 2.22. The molecule has 0 radical (unpaired) electrons. The molecule has 4 heteroatoms. The smallest absolute Gasteiger partial charge is 0.159 e. The molecule has 12 rings (SSSR count). The molecule has 0 bridgehead atoms. The van der Waals surface area contributed by atoms with Gasteiger partial charge in [-0.05, 0) is 97.2 Å². The van der Waals surface area contributed by atoms with Gasteiger partial charge in [-0.2, -0.15) is 0 Å². The van der Waals surface area contributed by atoms with Gasteiger partial charge in [-0.25, -0.2) is 9.98 Å². The maximum Gasteiger partial charge on any atom is 0.159 e. The Kier molecular flexibility index (Phi) is 9.53. The summed E-state index contributed by atoms with van der Waals surface area (Å²) in [6.45, 7) is 0. The summed E-state index contributed by atoms with van der Waals surface area (Å²) in [6, 6.07) is 86.6. The summed E-state index contributed by atoms with van der Waals surface area (Å²) in [5.41, 5.74) is 16.0. The first kappa shape index (κ1) is 38.1. The highest BCUT2D eigenvalue weighted by molar-refractivity contribution is 6.14. The van der Waals surface area contributed by atoms with Crippen molar-refractivity contribution >= 4 is 44.2 Å². The van der Waals surface area contributed by atoms with Crippen LogP contribution in [0.3, 0.4) is 0 Å². The van der Waals surface area contributed by atoms with Crippen LogP contribution >= 0.6 is 0 Å². The molecule has 11 aromatic rings. The molecule has 1 unspecified atom stereocenters. The summed E-state index contributed by atoms with van der Waals surface area (Å²) in [6.07, 6.45) is -0.305. The Morgan fingerprint density at radius 2 is 0.785 bits per heavy atom. The average Bonchev–Trinajstić information content (AvgIpc) is 3.73. The molecule has 1 aromatic heterocycles. The minimum Gasteiger partial charge on any atom is -0.344 e. The van der Waals surface area contributed by atoms with E-state index in [9.17, 15) is 0 Å². The van der Waals surface area contributed by atoms with Crippen LogP contribution in [-0.2, 0) is 0 Å². The summed E-state index contributed by atoms with van der Waals surface area (Å²) in [5, 5.41) is 8.57. The summed E-state index contributed by atoms with van der Waals surface area (Å²) in [7, 11) is 0. The Labute approximate surface area is 378 Å². The fourth-order valence-electron chi connectivity index (χ4n) is 9.49. The number of nitrogens with zero attached hydrogens (tertiary/aromatic N) is 3. The normalized spacial score (nSPS) is 13.7. The van der Waals surface area contributed by atoms with Crippen molar-refractivity contribution in [2.24, 2.45) is 9.98 Å². The molecule has 65 heavy (non-hydrogen) atoms. The molecule has 0 aliphatic carbocycles. The largest absolute Gasteiger partial charge is 0.344 e. The second-order valence-electron chi connectivity index (χ2n) is 16.6. The van der Waals surface area contributed by atoms with Gasteiger partial charge in [0.1, 0.15) is 12.0 Å². The van der Waals surface area contributed by atoms with Gasteiger partial charge < -0.3 is 9.88 Å². The van der Waals surface area contributed by atoms with Crippen LogP contribution < -0.4 is 5.32 Å². The average molecular weight is 831 g/mol. The number of fused-ring (bicyclic) bond motifs is 4. The molecular weight excluding hydrogens is 789 g/mol. The number of aromatic nitrogens is 1. The minimum absolute atomic E-state index is 0.305. The monoisotopic (exact) mass is 830 g/mol. The molecule has 0 saturated carbocycles. The van der Waals surface area contributed by atoms with Crippen molar-refractivity contribution in [3.05, 3.63) is 259 Å². The van der Waals surface area contributed by atoms with E-state index in [0.717, 1.165) is 39.3 Å². The summed E-state index contributed by atoms with van der Waals surface area (Å²) in [5.74, 6) is 1.50. The van der Waals surface area contributed by atoms with Crippen LogP contribution in [-0.4, -0.2) is 16.2 Å². The Morgan fingerprint density at radius 1 is 0.338 bits per heavy atom. The van der Waals surface area contributed by atoms with Gasteiger partial charge in [-0.1, -0.05) is 206 Å². The van der Waals surface area contributed by atoms with Gasteiger partial charge in [0.15, 0.2) is 5.84 Å². The third-order valence-electron chi connectivity index (χ3n) is 12.7. The molecule has 2 heterocycles. The van der Waals surface area contributed by atoms with E-state index in [1.165, 1.54) is 66.0 Å². The molecule has 10 aromatic carbocycles. The zero-order chi connectivity index (χ0) is 43.1. The van der Waals surface area contributed by atoms with Crippen LogP contribution in [0.4, 0.5) is 0 Å². The van der Waals surface area contributed by atoms with Gasteiger partial charge in [0, 0.05) is 27.6 Å². The van der Waals surface area contributed by atoms with Gasteiger partial charge in [-0.3, -0.25) is 0 Å². The van der Waals surface area contributed by atoms with E-state index in [-0.39, 0.29) is 6.17 Å². The lowest BCUT2D eigenvalue weighted by Gasteiger charge is -2.24. The van der Waals surface area contributed by atoms with Gasteiger partial charge in [-0.15, -0.1) is 0 Å². The lowest BCUT2D eigenvalue weighted by Crippen LogP contribution is -2.33. The van der Waals surface area contributed by atoms with Crippen LogP contribution in [0.2, 0.25) is 0 Å². The second kappa shape index (κ2) is 16.3. The van der Waals surface area contributed by atoms with E-state index in [1.54, 1.807) is 0 Å². The number of para-hydroxylation sites is 2. The maximum atomic E-state index is 5.24. The van der Waals surface area contributed by atoms with Crippen LogP contribution in [0.5, 0.6) is 0 Å². The number of amidine groups is 2. The van der Waals surface area contributed by atoms with Crippen molar-refractivity contribution < 1.29 is 0 Å². The van der Waals surface area contributed by atoms with Crippen LogP contribution in [0.1, 0.15) is 22.9 Å². The number of hydrogen-bond acceptors (Lipinski definition) is 3. The SMILES string of the molecule is c1ccc(C2=NC(c3cccc(-c4cccc5c(-c6cccc(-c7ccc(-n8c9ccccc9c9ccccc98)cc7)c6)cccc45)c3)=NC(c3ccc(-c4ccccc4)cc3)N2)cc1. The highest BCUT2D eigenvalue weighted by Crippen LogP contribution is 2.38. The molecule has 0 saturated heterocycles. The second-order valence-corrected chi connectivity index (χ2v) is 16.6. The highest BCUT2D eigenvalue weighted by atomic mass is 15.2. The predicted octanol–water partition coefficient (Wildman–Crippen LogP) is 15.1. The first-order valence-corrected chi connectivity index (χ1v) is 22.2. The summed E-state index contributed by atoms with van der Waals surface area (Å²) >= 11 is 0. The fraction of sp³-hybridized carbons (Fsp3) is 0.0164. The number of aliphatic imine (C=N–C) groups is 2. The topological polar surface area (TPSA) is 41.7 Å². The first-order valence-electron chi connectivity index (χ1n) is 22.2. The molecule has 1 atom stereocenters. The van der Waals surface area contributed by atoms with Gasteiger partial charge in [0.25, 0.3) is 0 Å². The Morgan fingerprint density at radius 3 is 1.42 bits per heavy atom. The summed E-state index contributed by atoms with van der Waals surface area (Å²) < 4.78 is 2.37. The van der Waals surface area contributed by atoms with Crippen molar-refractivity contribution in [3.63, 3.8) is 0 Å². The first-order chi connectivity index (χ1) is 32.2. The van der Waals surface area contributed by atoms with Gasteiger partial charge in [0.2, 0.25) is 0 Å². The van der Waals surface area contributed by atoms with Crippen molar-refractivity contribution in [1.29, 1.82) is 0 Å². The van der Waals surface area contributed by atoms with Crippen LogP contribution in [0.25, 0.3) is 82.8 Å². The third kappa shape index (κ3) is 7.08. The molecule has 4 nitrogen and oxygen atoms in total. The fourth-order valence-corrected chi connectivity index (χ4v) is 9.49. The maximum absolute atomic E-state index is 5.24. The molecule has 306 valence electrons. The van der Waals surface area contributed by atoms with Crippen LogP contribution in [0.15, 0.2) is 253 Å². The zero-order valence-electron chi connectivity index (χ0n) is 35.5. The third-order valence-corrected chi connectivity index (χ3v) is 12.7. The van der Waals surface area contributed by atoms with E-state index in [4.69, 9.17) is 9.98 Å². The van der Waals surface area contributed by atoms with Crippen molar-refractivity contribution in [3.8, 4) is 50.2 Å². The molecular formula is C61H42N4. The quantitative estimate of drug-likeness (QED) is 0.163. The number of benzene rings is 10. The van der Waals surface area contributed by atoms with Crippen molar-refractivity contribution in [2.45, 2.75) is 6.17 Å². The Balaban J connectivity index is 0.875.